The van der Waals surface area contributed by atoms with Crippen LogP contribution in [0.4, 0.5) is 5.69 Å². The van der Waals surface area contributed by atoms with Crippen molar-refractivity contribution in [2.45, 2.75) is 62.1 Å². The van der Waals surface area contributed by atoms with Crippen molar-refractivity contribution in [3.63, 3.8) is 0 Å². The maximum absolute atomic E-state index is 12.4. The van der Waals surface area contributed by atoms with Crippen LogP contribution in [0.2, 0.25) is 0 Å². The van der Waals surface area contributed by atoms with Gasteiger partial charge in [-0.25, -0.2) is 0 Å². The van der Waals surface area contributed by atoms with Crippen LogP contribution < -0.4 is 4.90 Å². The molecule has 5 nitrogen and oxygen atoms in total. The molecule has 1 aromatic carbocycles. The normalized spacial score (nSPS) is 49.3. The second-order valence-corrected chi connectivity index (χ2v) is 9.67. The molecule has 0 aromatic heterocycles. The van der Waals surface area contributed by atoms with Gasteiger partial charge in [0.05, 0.1) is 11.5 Å². The molecule has 10 atom stereocenters. The lowest BCUT2D eigenvalue weighted by molar-refractivity contribution is -0.212. The number of benzene rings is 1. The van der Waals surface area contributed by atoms with Gasteiger partial charge in [-0.3, -0.25) is 9.69 Å². The standard InChI is InChI=1S/C22H27ClN2O3/c1-3-11-12-8-15-19-22(13-6-4-5-7-14(13)24(19)2)9-16(25(15)21(11)27)18(12)20(22)28-17(26)10-23/h4-7,11-12,15-16,18-21,27H,3,8-10H2,1-2H3/t11-,12?,15-,16-,18?,19-,20+,21+,22?/m0/s1. The molecule has 7 rings (SSSR count). The number of fused-ring (bicyclic) bond motifs is 2. The molecule has 5 bridgehead atoms. The Morgan fingerprint density at radius 2 is 2.14 bits per heavy atom. The Hall–Kier alpha value is -1.30. The predicted octanol–water partition coefficient (Wildman–Crippen LogP) is 2.34. The monoisotopic (exact) mass is 402 g/mol. The number of aliphatic hydroxyl groups excluding tert-OH is 1. The van der Waals surface area contributed by atoms with Crippen molar-refractivity contribution in [3.05, 3.63) is 29.8 Å². The van der Waals surface area contributed by atoms with Crippen LogP contribution >= 0.6 is 11.6 Å². The number of rotatable bonds is 3. The predicted molar refractivity (Wildman–Crippen MR) is 106 cm³/mol. The molecule has 1 aromatic rings. The van der Waals surface area contributed by atoms with Gasteiger partial charge in [-0.2, -0.15) is 0 Å². The van der Waals surface area contributed by atoms with Crippen molar-refractivity contribution in [1.29, 1.82) is 0 Å². The van der Waals surface area contributed by atoms with Gasteiger partial charge >= 0.3 is 5.97 Å². The molecule has 1 saturated carbocycles. The summed E-state index contributed by atoms with van der Waals surface area (Å²) in [6.45, 7) is 2.17. The lowest BCUT2D eigenvalue weighted by atomic mass is 9.62. The van der Waals surface area contributed by atoms with Crippen molar-refractivity contribution in [3.8, 4) is 0 Å². The number of nitrogens with zero attached hydrogens (tertiary/aromatic N) is 2. The third-order valence-corrected chi connectivity index (χ3v) is 9.01. The molecule has 150 valence electrons. The minimum Gasteiger partial charge on any atom is -0.460 e. The minimum atomic E-state index is -0.382. The number of ether oxygens (including phenoxy) is 1. The van der Waals surface area contributed by atoms with Gasteiger partial charge < -0.3 is 14.7 Å². The third kappa shape index (κ3) is 1.76. The smallest absolute Gasteiger partial charge is 0.321 e. The number of alkyl halides is 1. The number of aliphatic hydroxyl groups is 1. The lowest BCUT2D eigenvalue weighted by Crippen LogP contribution is -2.72. The largest absolute Gasteiger partial charge is 0.460 e. The summed E-state index contributed by atoms with van der Waals surface area (Å²) in [7, 11) is 2.17. The fourth-order valence-electron chi connectivity index (χ4n) is 8.20. The van der Waals surface area contributed by atoms with Crippen LogP contribution in [0.1, 0.15) is 31.7 Å². The van der Waals surface area contributed by atoms with E-state index in [2.05, 4.69) is 48.0 Å². The molecule has 6 heteroatoms. The van der Waals surface area contributed by atoms with E-state index >= 15 is 0 Å². The van der Waals surface area contributed by atoms with E-state index in [1.165, 1.54) is 11.3 Å². The molecule has 4 saturated heterocycles. The number of carbonyl (C=O) groups is 1. The van der Waals surface area contributed by atoms with E-state index in [4.69, 9.17) is 16.3 Å². The van der Waals surface area contributed by atoms with Gasteiger partial charge in [0.2, 0.25) is 0 Å². The Kier molecular flexibility index (Phi) is 3.54. The average molecular weight is 403 g/mol. The second kappa shape index (κ2) is 5.65. The number of hydrogen-bond acceptors (Lipinski definition) is 5. The second-order valence-electron chi connectivity index (χ2n) is 9.41. The zero-order chi connectivity index (χ0) is 19.4. The fraction of sp³-hybridized carbons (Fsp3) is 0.682. The molecule has 1 aliphatic carbocycles. The van der Waals surface area contributed by atoms with E-state index in [0.717, 1.165) is 19.3 Å². The first-order valence-electron chi connectivity index (χ1n) is 10.6. The zero-order valence-corrected chi connectivity index (χ0v) is 17.0. The van der Waals surface area contributed by atoms with Crippen molar-refractivity contribution in [2.75, 3.05) is 17.8 Å². The maximum atomic E-state index is 12.4. The number of carbonyl (C=O) groups excluding carboxylic acids is 1. The maximum Gasteiger partial charge on any atom is 0.321 e. The topological polar surface area (TPSA) is 53.0 Å². The van der Waals surface area contributed by atoms with Crippen molar-refractivity contribution in [1.82, 2.24) is 4.90 Å². The zero-order valence-electron chi connectivity index (χ0n) is 16.3. The SMILES string of the molecule is CC[C@H]1C2C[C@H]3[C@@H]4N(C)c5ccccc5C45C[C@@H](C2[C@H]5OC(=O)CCl)N3[C@@H]1O. The van der Waals surface area contributed by atoms with Crippen LogP contribution in [-0.4, -0.2) is 59.4 Å². The highest BCUT2D eigenvalue weighted by atomic mass is 35.5. The van der Waals surface area contributed by atoms with E-state index in [9.17, 15) is 9.90 Å². The Morgan fingerprint density at radius 3 is 2.89 bits per heavy atom. The van der Waals surface area contributed by atoms with Crippen LogP contribution in [0.3, 0.4) is 0 Å². The van der Waals surface area contributed by atoms with Gasteiger partial charge in [0, 0.05) is 36.7 Å². The molecule has 5 aliphatic heterocycles. The fourth-order valence-corrected chi connectivity index (χ4v) is 8.26. The first kappa shape index (κ1) is 17.5. The highest BCUT2D eigenvalue weighted by molar-refractivity contribution is 6.26. The molecule has 1 spiro atoms. The quantitative estimate of drug-likeness (QED) is 0.621. The van der Waals surface area contributed by atoms with E-state index in [0.29, 0.717) is 12.0 Å². The number of piperidine rings is 4. The van der Waals surface area contributed by atoms with Gasteiger partial charge in [0.25, 0.3) is 0 Å². The van der Waals surface area contributed by atoms with Gasteiger partial charge in [-0.1, -0.05) is 25.1 Å². The van der Waals surface area contributed by atoms with Gasteiger partial charge in [0.15, 0.2) is 0 Å². The van der Waals surface area contributed by atoms with Crippen LogP contribution in [0.25, 0.3) is 0 Å². The molecule has 5 fully saturated rings. The summed E-state index contributed by atoms with van der Waals surface area (Å²) in [6, 6.07) is 9.40. The Labute approximate surface area is 170 Å². The number of esters is 1. The molecule has 0 amide bonds. The van der Waals surface area contributed by atoms with Crippen molar-refractivity contribution >= 4 is 23.3 Å². The number of likely N-dealkylation sites (N-methyl/N-ethyl adjacent to an activating group) is 1. The first-order chi connectivity index (χ1) is 13.5. The molecule has 0 radical (unpaired) electrons. The molecule has 1 N–H and O–H groups in total. The minimum absolute atomic E-state index is 0.107. The number of halogens is 1. The summed E-state index contributed by atoms with van der Waals surface area (Å²) in [5, 5.41) is 11.2. The third-order valence-electron chi connectivity index (χ3n) is 8.79. The van der Waals surface area contributed by atoms with Crippen molar-refractivity contribution < 1.29 is 14.6 Å². The highest BCUT2D eigenvalue weighted by Crippen LogP contribution is 2.69. The molecular formula is C22H27ClN2O3. The summed E-state index contributed by atoms with van der Waals surface area (Å²) >= 11 is 5.87. The first-order valence-corrected chi connectivity index (χ1v) is 11.1. The lowest BCUT2D eigenvalue weighted by Gasteiger charge is -2.62. The van der Waals surface area contributed by atoms with Gasteiger partial charge in [-0.05, 0) is 36.8 Å². The van der Waals surface area contributed by atoms with Gasteiger partial charge in [0.1, 0.15) is 18.2 Å². The van der Waals surface area contributed by atoms with Gasteiger partial charge in [-0.15, -0.1) is 11.6 Å². The van der Waals surface area contributed by atoms with E-state index in [1.807, 2.05) is 0 Å². The summed E-state index contributed by atoms with van der Waals surface area (Å²) in [5.74, 6) is 0.510. The van der Waals surface area contributed by atoms with E-state index < -0.39 is 0 Å². The van der Waals surface area contributed by atoms with Crippen LogP contribution in [0.5, 0.6) is 0 Å². The summed E-state index contributed by atoms with van der Waals surface area (Å²) < 4.78 is 6.19. The molecular weight excluding hydrogens is 376 g/mol. The summed E-state index contributed by atoms with van der Waals surface area (Å²) in [6.07, 6.45) is 2.44. The van der Waals surface area contributed by atoms with E-state index in [-0.39, 0.29) is 53.5 Å². The molecule has 6 aliphatic rings. The highest BCUT2D eigenvalue weighted by Gasteiger charge is 2.77. The average Bonchev–Trinajstić information content (AvgIpc) is 3.10. The molecule has 4 unspecified atom stereocenters. The van der Waals surface area contributed by atoms with Crippen LogP contribution in [-0.2, 0) is 14.9 Å². The Morgan fingerprint density at radius 1 is 1.36 bits per heavy atom. The number of anilines is 1. The summed E-state index contributed by atoms with van der Waals surface area (Å²) in [5.41, 5.74) is 2.36. The van der Waals surface area contributed by atoms with E-state index in [1.54, 1.807) is 0 Å². The number of para-hydroxylation sites is 1. The number of hydrogen-bond donors (Lipinski definition) is 1. The Balaban J connectivity index is 1.57. The van der Waals surface area contributed by atoms with Crippen LogP contribution in [0.15, 0.2) is 24.3 Å². The summed E-state index contributed by atoms with van der Waals surface area (Å²) in [4.78, 5) is 17.2. The molecule has 28 heavy (non-hydrogen) atoms. The van der Waals surface area contributed by atoms with Crippen LogP contribution in [0, 0.1) is 17.8 Å². The Bertz CT molecular complexity index is 849. The molecule has 5 heterocycles. The van der Waals surface area contributed by atoms with Crippen molar-refractivity contribution in [2.24, 2.45) is 17.8 Å².